The van der Waals surface area contributed by atoms with Crippen molar-refractivity contribution < 1.29 is 4.57 Å². The van der Waals surface area contributed by atoms with Crippen molar-refractivity contribution in [1.29, 1.82) is 0 Å². The molecule has 0 aliphatic heterocycles. The molecule has 0 heterocycles. The van der Waals surface area contributed by atoms with Gasteiger partial charge in [0.25, 0.3) is 0 Å². The van der Waals surface area contributed by atoms with Crippen molar-refractivity contribution in [2.75, 3.05) is 13.1 Å². The Hall–Kier alpha value is -1.37. The van der Waals surface area contributed by atoms with E-state index in [1.165, 1.54) is 0 Å². The average molecular weight is 301 g/mol. The fourth-order valence-electron chi connectivity index (χ4n) is 2.73. The van der Waals surface area contributed by atoms with Crippen LogP contribution in [0.3, 0.4) is 0 Å². The minimum Gasteiger partial charge on any atom is -0.306 e. The van der Waals surface area contributed by atoms with Crippen molar-refractivity contribution in [3.8, 4) is 0 Å². The third kappa shape index (κ3) is 4.30. The van der Waals surface area contributed by atoms with E-state index in [4.69, 9.17) is 0 Å². The zero-order valence-corrected chi connectivity index (χ0v) is 13.8. The topological polar surface area (TPSA) is 20.3 Å². The van der Waals surface area contributed by atoms with Crippen LogP contribution in [0.4, 0.5) is 0 Å². The lowest BCUT2D eigenvalue weighted by Gasteiger charge is -2.30. The molecular weight excluding hydrogens is 277 g/mol. The van der Waals surface area contributed by atoms with E-state index in [-0.39, 0.29) is 0 Å². The molecule has 0 atom stereocenters. The lowest BCUT2D eigenvalue weighted by atomic mass is 10.2. The summed E-state index contributed by atoms with van der Waals surface area (Å²) in [6.07, 6.45) is 1.29. The number of hydrogen-bond acceptors (Lipinski definition) is 1. The molecule has 0 fully saturated rings. The molecule has 0 spiro atoms. The molecule has 2 aromatic rings. The fraction of sp³-hybridized carbons (Fsp3) is 0.333. The predicted molar refractivity (Wildman–Crippen MR) is 90.8 cm³/mol. The van der Waals surface area contributed by atoms with Gasteiger partial charge in [-0.15, -0.1) is 0 Å². The molecule has 0 bridgehead atoms. The monoisotopic (exact) mass is 301 g/mol. The molecule has 0 radical (unpaired) electrons. The molecule has 0 aromatic heterocycles. The maximum atomic E-state index is 13.6. The molecule has 21 heavy (non-hydrogen) atoms. The standard InChI is InChI=1S/C18H24NOP/c1-3-19(4-2)21(20,15-17-11-7-5-8-12-17)16-18-13-9-6-10-14-18/h5-14H,3-4,15-16H2,1-2H3. The summed E-state index contributed by atoms with van der Waals surface area (Å²) in [5.74, 6) is 0. The van der Waals surface area contributed by atoms with Crippen molar-refractivity contribution in [3.05, 3.63) is 71.8 Å². The molecule has 112 valence electrons. The van der Waals surface area contributed by atoms with E-state index in [0.29, 0.717) is 12.3 Å². The van der Waals surface area contributed by atoms with Crippen LogP contribution in [0.15, 0.2) is 60.7 Å². The second-order valence-corrected chi connectivity index (χ2v) is 8.16. The first kappa shape index (κ1) is 16.0. The molecule has 2 rings (SSSR count). The Morgan fingerprint density at radius 3 is 1.48 bits per heavy atom. The van der Waals surface area contributed by atoms with Gasteiger partial charge in [0.15, 0.2) is 7.29 Å². The van der Waals surface area contributed by atoms with Gasteiger partial charge in [-0.3, -0.25) is 4.67 Å². The molecule has 2 aromatic carbocycles. The molecule has 2 nitrogen and oxygen atoms in total. The minimum absolute atomic E-state index is 0.643. The lowest BCUT2D eigenvalue weighted by molar-refractivity contribution is 0.440. The second kappa shape index (κ2) is 7.59. The summed E-state index contributed by atoms with van der Waals surface area (Å²) in [7, 11) is -2.44. The Kier molecular flexibility index (Phi) is 5.78. The van der Waals surface area contributed by atoms with E-state index in [1.807, 2.05) is 36.4 Å². The summed E-state index contributed by atoms with van der Waals surface area (Å²) in [4.78, 5) is 0. The van der Waals surface area contributed by atoms with Crippen molar-refractivity contribution in [2.24, 2.45) is 0 Å². The fourth-order valence-corrected chi connectivity index (χ4v) is 5.84. The van der Waals surface area contributed by atoms with Crippen molar-refractivity contribution in [2.45, 2.75) is 26.2 Å². The number of nitrogens with zero attached hydrogens (tertiary/aromatic N) is 1. The van der Waals surface area contributed by atoms with Gasteiger partial charge in [-0.2, -0.15) is 0 Å². The molecule has 0 saturated carbocycles. The minimum atomic E-state index is -2.44. The van der Waals surface area contributed by atoms with E-state index < -0.39 is 7.29 Å². The first-order valence-corrected chi connectivity index (χ1v) is 9.62. The van der Waals surface area contributed by atoms with Gasteiger partial charge in [0.1, 0.15) is 0 Å². The van der Waals surface area contributed by atoms with Crippen LogP contribution in [0.2, 0.25) is 0 Å². The Morgan fingerprint density at radius 2 is 1.14 bits per heavy atom. The number of rotatable bonds is 7. The third-order valence-electron chi connectivity index (χ3n) is 3.79. The normalized spacial score (nSPS) is 11.8. The van der Waals surface area contributed by atoms with Crippen LogP contribution in [0.1, 0.15) is 25.0 Å². The molecule has 0 amide bonds. The van der Waals surface area contributed by atoms with Crippen LogP contribution in [-0.4, -0.2) is 17.8 Å². The van der Waals surface area contributed by atoms with Gasteiger partial charge in [-0.05, 0) is 11.1 Å². The van der Waals surface area contributed by atoms with Gasteiger partial charge in [-0.25, -0.2) is 0 Å². The summed E-state index contributed by atoms with van der Waals surface area (Å²) in [6, 6.07) is 20.4. The molecule has 0 unspecified atom stereocenters. The summed E-state index contributed by atoms with van der Waals surface area (Å²) in [6.45, 7) is 5.83. The zero-order valence-electron chi connectivity index (χ0n) is 12.9. The van der Waals surface area contributed by atoms with Gasteiger partial charge < -0.3 is 4.57 Å². The highest BCUT2D eigenvalue weighted by molar-refractivity contribution is 7.59. The van der Waals surface area contributed by atoms with E-state index in [0.717, 1.165) is 24.2 Å². The van der Waals surface area contributed by atoms with Crippen LogP contribution in [0.25, 0.3) is 0 Å². The highest BCUT2D eigenvalue weighted by atomic mass is 31.2. The maximum absolute atomic E-state index is 13.6. The summed E-state index contributed by atoms with van der Waals surface area (Å²) in [5, 5.41) is 0. The molecule has 0 N–H and O–H groups in total. The van der Waals surface area contributed by atoms with Crippen molar-refractivity contribution >= 4 is 7.29 Å². The highest BCUT2D eigenvalue weighted by Gasteiger charge is 2.28. The predicted octanol–water partition coefficient (Wildman–Crippen LogP) is 5.01. The Morgan fingerprint density at radius 1 is 0.762 bits per heavy atom. The van der Waals surface area contributed by atoms with Crippen LogP contribution < -0.4 is 0 Å². The van der Waals surface area contributed by atoms with E-state index in [1.54, 1.807) is 0 Å². The molecular formula is C18H24NOP. The molecule has 0 aliphatic carbocycles. The van der Waals surface area contributed by atoms with E-state index in [2.05, 4.69) is 42.8 Å². The van der Waals surface area contributed by atoms with Crippen LogP contribution >= 0.6 is 7.29 Å². The smallest absolute Gasteiger partial charge is 0.158 e. The molecule has 3 heteroatoms. The quantitative estimate of drug-likeness (QED) is 0.670. The third-order valence-corrected chi connectivity index (χ3v) is 7.11. The lowest BCUT2D eigenvalue weighted by Crippen LogP contribution is -2.21. The average Bonchev–Trinajstić information content (AvgIpc) is 2.50. The maximum Gasteiger partial charge on any atom is 0.158 e. The van der Waals surface area contributed by atoms with Gasteiger partial charge in [-0.1, -0.05) is 74.5 Å². The van der Waals surface area contributed by atoms with Gasteiger partial charge in [0, 0.05) is 25.4 Å². The van der Waals surface area contributed by atoms with Crippen molar-refractivity contribution in [1.82, 2.24) is 4.67 Å². The van der Waals surface area contributed by atoms with Crippen LogP contribution in [0, 0.1) is 0 Å². The molecule has 0 saturated heterocycles. The van der Waals surface area contributed by atoms with Crippen LogP contribution in [-0.2, 0) is 16.9 Å². The van der Waals surface area contributed by atoms with Gasteiger partial charge in [0.05, 0.1) is 0 Å². The van der Waals surface area contributed by atoms with Crippen molar-refractivity contribution in [3.63, 3.8) is 0 Å². The largest absolute Gasteiger partial charge is 0.306 e. The number of benzene rings is 2. The van der Waals surface area contributed by atoms with Gasteiger partial charge in [0.2, 0.25) is 0 Å². The number of hydrogen-bond donors (Lipinski definition) is 0. The SMILES string of the molecule is CCN(CC)P(=O)(Cc1ccccc1)Cc1ccccc1. The first-order valence-electron chi connectivity index (χ1n) is 7.59. The second-order valence-electron chi connectivity index (χ2n) is 5.27. The Labute approximate surface area is 128 Å². The Balaban J connectivity index is 2.28. The first-order chi connectivity index (χ1) is 10.2. The zero-order chi connectivity index (χ0) is 15.1. The van der Waals surface area contributed by atoms with Gasteiger partial charge >= 0.3 is 0 Å². The van der Waals surface area contributed by atoms with E-state index >= 15 is 0 Å². The summed E-state index contributed by atoms with van der Waals surface area (Å²) >= 11 is 0. The highest BCUT2D eigenvalue weighted by Crippen LogP contribution is 2.55. The van der Waals surface area contributed by atoms with E-state index in [9.17, 15) is 4.57 Å². The Bertz CT molecular complexity index is 533. The summed E-state index contributed by atoms with van der Waals surface area (Å²) < 4.78 is 15.8. The molecule has 0 aliphatic rings. The summed E-state index contributed by atoms with van der Waals surface area (Å²) in [5.41, 5.74) is 2.31. The van der Waals surface area contributed by atoms with Crippen LogP contribution in [0.5, 0.6) is 0 Å².